The minimum Gasteiger partial charge on any atom is -0.242 e. The second-order valence-corrected chi connectivity index (χ2v) is 8.15. The third-order valence-corrected chi connectivity index (χ3v) is 6.74. The minimum absolute atomic E-state index is 0.449. The van der Waals surface area contributed by atoms with E-state index < -0.39 is 14.1 Å². The van der Waals surface area contributed by atoms with E-state index in [1.807, 2.05) is 0 Å². The fourth-order valence-corrected chi connectivity index (χ4v) is 5.20. The van der Waals surface area contributed by atoms with Crippen LogP contribution in [0.3, 0.4) is 0 Å². The van der Waals surface area contributed by atoms with Crippen molar-refractivity contribution in [3.63, 3.8) is 0 Å². The van der Waals surface area contributed by atoms with Crippen LogP contribution in [0.4, 0.5) is 4.39 Å². The number of alkyl halides is 1. The fraction of sp³-hybridized carbons (Fsp3) is 0.238. The Hall–Kier alpha value is -1.72. The van der Waals surface area contributed by atoms with Crippen molar-refractivity contribution in [3.05, 3.63) is 84.5 Å². The zero-order chi connectivity index (χ0) is 16.1. The summed E-state index contributed by atoms with van der Waals surface area (Å²) in [6.07, 6.45) is 4.86. The molecule has 1 unspecified atom stereocenters. The maximum atomic E-state index is 13.9. The average Bonchev–Trinajstić information content (AvgIpc) is 2.60. The molecule has 1 saturated carbocycles. The Kier molecular flexibility index (Phi) is 5.41. The van der Waals surface area contributed by atoms with E-state index in [1.54, 1.807) is 0 Å². The predicted octanol–water partition coefficient (Wildman–Crippen LogP) is 5.12. The van der Waals surface area contributed by atoms with Crippen LogP contribution in [0, 0.1) is 0 Å². The Morgan fingerprint density at radius 2 is 1.57 bits per heavy atom. The lowest BCUT2D eigenvalue weighted by atomic mass is 9.89. The number of allylic oxidation sites excluding steroid dienone is 3. The van der Waals surface area contributed by atoms with Crippen LogP contribution in [0.5, 0.6) is 0 Å². The summed E-state index contributed by atoms with van der Waals surface area (Å²) < 4.78 is 13.9. The third-order valence-electron chi connectivity index (χ3n) is 4.35. The van der Waals surface area contributed by atoms with Crippen molar-refractivity contribution in [2.24, 2.45) is 0 Å². The highest BCUT2D eigenvalue weighted by molar-refractivity contribution is 7.73. The summed E-state index contributed by atoms with van der Waals surface area (Å²) in [5.74, 6) is 0. The van der Waals surface area contributed by atoms with Gasteiger partial charge in [0.05, 0.1) is 0 Å². The van der Waals surface area contributed by atoms with E-state index in [-0.39, 0.29) is 0 Å². The van der Waals surface area contributed by atoms with Gasteiger partial charge in [0.15, 0.2) is 0 Å². The van der Waals surface area contributed by atoms with Crippen LogP contribution in [-0.2, 0) is 0 Å². The first-order chi connectivity index (χ1) is 11.3. The van der Waals surface area contributed by atoms with Crippen molar-refractivity contribution in [1.82, 2.24) is 0 Å². The molecule has 1 aliphatic carbocycles. The smallest absolute Gasteiger partial charge is 0.125 e. The quantitative estimate of drug-likeness (QED) is 0.685. The van der Waals surface area contributed by atoms with Gasteiger partial charge < -0.3 is 0 Å². The van der Waals surface area contributed by atoms with Gasteiger partial charge in [-0.2, -0.15) is 0 Å². The summed E-state index contributed by atoms with van der Waals surface area (Å²) in [5.41, 5.74) is 1.83. The zero-order valence-electron chi connectivity index (χ0n) is 13.3. The molecule has 0 aliphatic heterocycles. The number of hydrogen-bond donors (Lipinski definition) is 0. The van der Waals surface area contributed by atoms with Crippen LogP contribution in [0.1, 0.15) is 19.3 Å². The molecule has 1 atom stereocenters. The molecule has 3 rings (SSSR count). The normalized spacial score (nSPS) is 20.2. The topological polar surface area (TPSA) is 0 Å². The van der Waals surface area contributed by atoms with E-state index >= 15 is 0 Å². The summed E-state index contributed by atoms with van der Waals surface area (Å²) in [6.45, 7) is 3.96. The fourth-order valence-electron chi connectivity index (χ4n) is 3.02. The van der Waals surface area contributed by atoms with Gasteiger partial charge in [-0.15, -0.1) is 0 Å². The van der Waals surface area contributed by atoms with Gasteiger partial charge in [-0.05, 0) is 55.1 Å². The van der Waals surface area contributed by atoms with Gasteiger partial charge in [-0.1, -0.05) is 73.3 Å². The summed E-state index contributed by atoms with van der Waals surface area (Å²) in [7, 11) is -0.449. The van der Waals surface area contributed by atoms with Crippen molar-refractivity contribution in [2.75, 3.05) is 6.16 Å². The van der Waals surface area contributed by atoms with Crippen molar-refractivity contribution in [1.29, 1.82) is 0 Å². The second-order valence-electron chi connectivity index (χ2n) is 5.90. The number of rotatable bonds is 4. The Balaban J connectivity index is 1.86. The second kappa shape index (κ2) is 7.70. The van der Waals surface area contributed by atoms with E-state index in [4.69, 9.17) is 0 Å². The van der Waals surface area contributed by atoms with Gasteiger partial charge in [0.2, 0.25) is 0 Å². The first kappa shape index (κ1) is 16.1. The molecular formula is C21H22FP. The van der Waals surface area contributed by atoms with Crippen LogP contribution in [0.25, 0.3) is 0 Å². The molecule has 1 fully saturated rings. The maximum Gasteiger partial charge on any atom is 0.125 e. The summed E-state index contributed by atoms with van der Waals surface area (Å²) in [4.78, 5) is 0. The first-order valence-electron chi connectivity index (χ1n) is 8.15. The van der Waals surface area contributed by atoms with Crippen molar-refractivity contribution in [2.45, 2.75) is 25.4 Å². The molecule has 0 spiro atoms. The Morgan fingerprint density at radius 1 is 1.00 bits per heavy atom. The molecule has 0 amide bonds. The van der Waals surface area contributed by atoms with Crippen LogP contribution >= 0.6 is 7.92 Å². The van der Waals surface area contributed by atoms with Crippen LogP contribution in [-0.4, -0.2) is 12.3 Å². The summed E-state index contributed by atoms with van der Waals surface area (Å²) >= 11 is 0. The van der Waals surface area contributed by atoms with Gasteiger partial charge in [0, 0.05) is 0 Å². The van der Waals surface area contributed by atoms with E-state index in [0.717, 1.165) is 24.6 Å². The SMILES string of the molecule is C=C1/C(=C\CP(c2ccccc2)c2ccccc2)CCCC1F. The first-order valence-corrected chi connectivity index (χ1v) is 9.68. The molecule has 0 bridgehead atoms. The summed E-state index contributed by atoms with van der Waals surface area (Å²) in [6, 6.07) is 21.3. The summed E-state index contributed by atoms with van der Waals surface area (Å²) in [5, 5.41) is 2.73. The number of halogens is 1. The van der Waals surface area contributed by atoms with E-state index in [0.29, 0.717) is 12.0 Å². The molecule has 0 radical (unpaired) electrons. The Morgan fingerprint density at radius 3 is 2.13 bits per heavy atom. The lowest BCUT2D eigenvalue weighted by Crippen LogP contribution is -2.15. The zero-order valence-corrected chi connectivity index (χ0v) is 14.2. The van der Waals surface area contributed by atoms with Crippen LogP contribution in [0.15, 0.2) is 84.5 Å². The van der Waals surface area contributed by atoms with Gasteiger partial charge in [-0.3, -0.25) is 0 Å². The van der Waals surface area contributed by atoms with Gasteiger partial charge in [-0.25, -0.2) is 4.39 Å². The monoisotopic (exact) mass is 324 g/mol. The molecular weight excluding hydrogens is 302 g/mol. The van der Waals surface area contributed by atoms with Crippen LogP contribution in [0.2, 0.25) is 0 Å². The van der Waals surface area contributed by atoms with Crippen molar-refractivity contribution >= 4 is 18.5 Å². The largest absolute Gasteiger partial charge is 0.242 e. The molecule has 0 N–H and O–H groups in total. The molecule has 0 nitrogen and oxygen atoms in total. The third kappa shape index (κ3) is 3.98. The highest BCUT2D eigenvalue weighted by Gasteiger charge is 2.21. The number of benzene rings is 2. The van der Waals surface area contributed by atoms with E-state index in [9.17, 15) is 4.39 Å². The van der Waals surface area contributed by atoms with Crippen LogP contribution < -0.4 is 10.6 Å². The maximum absolute atomic E-state index is 13.9. The van der Waals surface area contributed by atoms with Gasteiger partial charge in [0.25, 0.3) is 0 Å². The van der Waals surface area contributed by atoms with Gasteiger partial charge >= 0.3 is 0 Å². The van der Waals surface area contributed by atoms with Crippen molar-refractivity contribution < 1.29 is 4.39 Å². The molecule has 2 aromatic rings. The molecule has 23 heavy (non-hydrogen) atoms. The molecule has 1 aliphatic rings. The molecule has 0 heterocycles. The average molecular weight is 324 g/mol. The molecule has 0 aromatic heterocycles. The Bertz CT molecular complexity index is 636. The lowest BCUT2D eigenvalue weighted by Gasteiger charge is -2.23. The molecule has 0 saturated heterocycles. The molecule has 2 heteroatoms. The lowest BCUT2D eigenvalue weighted by molar-refractivity contribution is 0.340. The van der Waals surface area contributed by atoms with E-state index in [2.05, 4.69) is 73.3 Å². The van der Waals surface area contributed by atoms with Gasteiger partial charge in [0.1, 0.15) is 6.17 Å². The van der Waals surface area contributed by atoms with Crippen molar-refractivity contribution in [3.8, 4) is 0 Å². The standard InChI is InChI=1S/C21H22FP/c1-17-18(9-8-14-21(17)22)15-16-23(19-10-4-2-5-11-19)20-12-6-3-7-13-20/h2-7,10-13,15,21H,1,8-9,14,16H2/b18-15-. The molecule has 118 valence electrons. The molecule has 2 aromatic carbocycles. The Labute approximate surface area is 139 Å². The predicted molar refractivity (Wildman–Crippen MR) is 99.9 cm³/mol. The number of hydrogen-bond acceptors (Lipinski definition) is 0. The minimum atomic E-state index is -0.852. The van der Waals surface area contributed by atoms with E-state index in [1.165, 1.54) is 10.6 Å². The highest BCUT2D eigenvalue weighted by atomic mass is 31.1. The highest BCUT2D eigenvalue weighted by Crippen LogP contribution is 2.36.